The van der Waals surface area contributed by atoms with Crippen molar-refractivity contribution in [3.63, 3.8) is 0 Å². The number of rotatable bonds is 11. The van der Waals surface area contributed by atoms with Crippen LogP contribution in [-0.2, 0) is 17.8 Å². The van der Waals surface area contributed by atoms with Gasteiger partial charge in [0.1, 0.15) is 5.75 Å². The third-order valence-corrected chi connectivity index (χ3v) is 4.05. The topological polar surface area (TPSA) is 51.5 Å². The molecule has 152 valence electrons. The highest BCUT2D eigenvalue weighted by molar-refractivity contribution is 5.85. The first-order chi connectivity index (χ1) is 12.5. The molecule has 2 rings (SSSR count). The molecule has 0 fully saturated rings. The summed E-state index contributed by atoms with van der Waals surface area (Å²) in [6, 6.07) is 8.19. The molecule has 27 heavy (non-hydrogen) atoms. The summed E-state index contributed by atoms with van der Waals surface area (Å²) in [5, 5.41) is 7.99. The molecule has 0 bridgehead atoms. The van der Waals surface area contributed by atoms with Crippen LogP contribution in [-0.4, -0.2) is 61.7 Å². The van der Waals surface area contributed by atoms with E-state index in [9.17, 15) is 0 Å². The second kappa shape index (κ2) is 12.0. The molecule has 0 saturated heterocycles. The number of nitrogens with one attached hydrogen (secondary N) is 1. The highest BCUT2D eigenvalue weighted by Crippen LogP contribution is 2.26. The fraction of sp³-hybridized carbons (Fsp3) is 0.550. The van der Waals surface area contributed by atoms with Gasteiger partial charge in [-0.15, -0.1) is 12.4 Å². The lowest BCUT2D eigenvalue weighted by Gasteiger charge is -2.16. The van der Waals surface area contributed by atoms with E-state index in [1.807, 2.05) is 37.7 Å². The third kappa shape index (κ3) is 7.50. The summed E-state index contributed by atoms with van der Waals surface area (Å²) in [6.07, 6.45) is 2.30. The van der Waals surface area contributed by atoms with Crippen LogP contribution < -0.4 is 10.1 Å². The van der Waals surface area contributed by atoms with Gasteiger partial charge in [0.15, 0.2) is 0 Å². The molecule has 0 unspecified atom stereocenters. The fourth-order valence-electron chi connectivity index (χ4n) is 2.76. The predicted molar refractivity (Wildman–Crippen MR) is 113 cm³/mol. The number of halogens is 1. The van der Waals surface area contributed by atoms with E-state index in [2.05, 4.69) is 35.6 Å². The first-order valence-electron chi connectivity index (χ1n) is 9.19. The summed E-state index contributed by atoms with van der Waals surface area (Å²) >= 11 is 0. The Hall–Kier alpha value is -1.60. The Kier molecular flexibility index (Phi) is 10.4. The molecule has 0 spiro atoms. The van der Waals surface area contributed by atoms with Gasteiger partial charge in [0.2, 0.25) is 0 Å². The second-order valence-corrected chi connectivity index (χ2v) is 6.79. The van der Waals surface area contributed by atoms with E-state index in [4.69, 9.17) is 14.6 Å². The van der Waals surface area contributed by atoms with Crippen LogP contribution in [0.15, 0.2) is 30.5 Å². The fourth-order valence-corrected chi connectivity index (χ4v) is 2.76. The van der Waals surface area contributed by atoms with Crippen molar-refractivity contribution in [2.45, 2.75) is 33.0 Å². The van der Waals surface area contributed by atoms with E-state index < -0.39 is 0 Å². The van der Waals surface area contributed by atoms with Crippen LogP contribution >= 0.6 is 12.4 Å². The van der Waals surface area contributed by atoms with E-state index >= 15 is 0 Å². The SMILES string of the molecule is CNCCN(C)Cc1cn(CCOC)nc1-c1ccc(OC(C)C)cc1.Cl. The van der Waals surface area contributed by atoms with Gasteiger partial charge in [-0.25, -0.2) is 0 Å². The van der Waals surface area contributed by atoms with Crippen molar-refractivity contribution in [1.82, 2.24) is 20.0 Å². The molecule has 2 aromatic rings. The number of hydrogen-bond acceptors (Lipinski definition) is 5. The molecule has 7 heteroatoms. The van der Waals surface area contributed by atoms with E-state index in [0.29, 0.717) is 6.61 Å². The first kappa shape index (κ1) is 23.4. The number of likely N-dealkylation sites (N-methyl/N-ethyl adjacent to an activating group) is 2. The lowest BCUT2D eigenvalue weighted by atomic mass is 10.1. The van der Waals surface area contributed by atoms with Gasteiger partial charge in [-0.1, -0.05) is 0 Å². The lowest BCUT2D eigenvalue weighted by Crippen LogP contribution is -2.27. The summed E-state index contributed by atoms with van der Waals surface area (Å²) in [4.78, 5) is 2.30. The van der Waals surface area contributed by atoms with Gasteiger partial charge < -0.3 is 19.7 Å². The summed E-state index contributed by atoms with van der Waals surface area (Å²) in [5.41, 5.74) is 3.35. The monoisotopic (exact) mass is 396 g/mol. The maximum Gasteiger partial charge on any atom is 0.119 e. The van der Waals surface area contributed by atoms with Crippen LogP contribution in [0.3, 0.4) is 0 Å². The standard InChI is InChI=1S/C20H32N4O2.ClH/c1-16(2)26-19-8-6-17(7-9-19)20-18(14-23(4)11-10-21-3)15-24(22-20)12-13-25-5;/h6-9,15-16,21H,10-14H2,1-5H3;1H. The minimum Gasteiger partial charge on any atom is -0.491 e. The maximum atomic E-state index is 5.75. The van der Waals surface area contributed by atoms with Crippen molar-refractivity contribution in [3.05, 3.63) is 36.0 Å². The van der Waals surface area contributed by atoms with Gasteiger partial charge in [-0.3, -0.25) is 4.68 Å². The largest absolute Gasteiger partial charge is 0.491 e. The van der Waals surface area contributed by atoms with Gasteiger partial charge in [-0.05, 0) is 52.2 Å². The minimum absolute atomic E-state index is 0. The summed E-state index contributed by atoms with van der Waals surface area (Å²) in [5.74, 6) is 0.884. The number of methoxy groups -OCH3 is 1. The number of hydrogen-bond donors (Lipinski definition) is 1. The summed E-state index contributed by atoms with van der Waals surface area (Å²) in [7, 11) is 5.82. The normalized spacial score (nSPS) is 11.1. The van der Waals surface area contributed by atoms with Crippen molar-refractivity contribution >= 4 is 12.4 Å². The van der Waals surface area contributed by atoms with Crippen molar-refractivity contribution in [2.75, 3.05) is 40.9 Å². The zero-order valence-electron chi connectivity index (χ0n) is 17.1. The number of aromatic nitrogens is 2. The molecule has 0 aliphatic carbocycles. The summed E-state index contributed by atoms with van der Waals surface area (Å²) < 4.78 is 12.9. The molecule has 1 N–H and O–H groups in total. The van der Waals surface area contributed by atoms with E-state index in [0.717, 1.165) is 43.2 Å². The van der Waals surface area contributed by atoms with Crippen molar-refractivity contribution < 1.29 is 9.47 Å². The Morgan fingerprint density at radius 2 is 1.93 bits per heavy atom. The zero-order valence-corrected chi connectivity index (χ0v) is 17.9. The first-order valence-corrected chi connectivity index (χ1v) is 9.19. The minimum atomic E-state index is 0. The molecule has 1 heterocycles. The van der Waals surface area contributed by atoms with E-state index in [1.54, 1.807) is 7.11 Å². The molecule has 1 aromatic heterocycles. The van der Waals surface area contributed by atoms with Crippen LogP contribution in [0, 0.1) is 0 Å². The summed E-state index contributed by atoms with van der Waals surface area (Å²) in [6.45, 7) is 8.27. The highest BCUT2D eigenvalue weighted by Gasteiger charge is 2.13. The van der Waals surface area contributed by atoms with E-state index in [-0.39, 0.29) is 18.5 Å². The van der Waals surface area contributed by atoms with Gasteiger partial charge in [0.25, 0.3) is 0 Å². The number of nitrogens with zero attached hydrogens (tertiary/aromatic N) is 3. The molecule has 1 aromatic carbocycles. The second-order valence-electron chi connectivity index (χ2n) is 6.79. The Bertz CT molecular complexity index is 659. The average molecular weight is 397 g/mol. The zero-order chi connectivity index (χ0) is 18.9. The Morgan fingerprint density at radius 3 is 2.52 bits per heavy atom. The molecular weight excluding hydrogens is 364 g/mol. The van der Waals surface area contributed by atoms with Crippen LogP contribution in [0.2, 0.25) is 0 Å². The quantitative estimate of drug-likeness (QED) is 0.632. The molecule has 0 aliphatic heterocycles. The van der Waals surface area contributed by atoms with Crippen LogP contribution in [0.4, 0.5) is 0 Å². The molecule has 0 aliphatic rings. The van der Waals surface area contributed by atoms with Crippen molar-refractivity contribution in [3.8, 4) is 17.0 Å². The lowest BCUT2D eigenvalue weighted by molar-refractivity contribution is 0.183. The molecule has 0 atom stereocenters. The van der Waals surface area contributed by atoms with Crippen molar-refractivity contribution in [2.24, 2.45) is 0 Å². The molecule has 0 radical (unpaired) electrons. The van der Waals surface area contributed by atoms with Gasteiger partial charge in [-0.2, -0.15) is 5.10 Å². The number of benzene rings is 1. The van der Waals surface area contributed by atoms with Gasteiger partial charge >= 0.3 is 0 Å². The van der Waals surface area contributed by atoms with Crippen LogP contribution in [0.25, 0.3) is 11.3 Å². The van der Waals surface area contributed by atoms with Crippen LogP contribution in [0.1, 0.15) is 19.4 Å². The maximum absolute atomic E-state index is 5.75. The van der Waals surface area contributed by atoms with Crippen LogP contribution in [0.5, 0.6) is 5.75 Å². The van der Waals surface area contributed by atoms with Gasteiger partial charge in [0, 0.05) is 44.1 Å². The molecule has 0 amide bonds. The Balaban J connectivity index is 0.00000364. The molecule has 0 saturated carbocycles. The Morgan fingerprint density at radius 1 is 1.22 bits per heavy atom. The Labute approximate surface area is 169 Å². The smallest absolute Gasteiger partial charge is 0.119 e. The average Bonchev–Trinajstić information content (AvgIpc) is 3.01. The number of ether oxygens (including phenoxy) is 2. The highest BCUT2D eigenvalue weighted by atomic mass is 35.5. The van der Waals surface area contributed by atoms with Gasteiger partial charge in [0.05, 0.1) is 24.9 Å². The van der Waals surface area contributed by atoms with Crippen molar-refractivity contribution in [1.29, 1.82) is 0 Å². The molecule has 6 nitrogen and oxygen atoms in total. The molecular formula is C20H33ClN4O2. The predicted octanol–water partition coefficient (Wildman–Crippen LogP) is 3.06. The van der Waals surface area contributed by atoms with E-state index in [1.165, 1.54) is 5.56 Å². The third-order valence-electron chi connectivity index (χ3n) is 4.05.